The molecule has 15 heavy (non-hydrogen) atoms. The largest absolute Gasteiger partial charge is 0.295 e. The highest BCUT2D eigenvalue weighted by atomic mass is 19.3. The molecule has 4 heteroatoms. The highest BCUT2D eigenvalue weighted by molar-refractivity contribution is 5.94. The number of hydrogen-bond acceptors (Lipinski definition) is 2. The zero-order chi connectivity index (χ0) is 11.6. The number of halogens is 2. The lowest BCUT2D eigenvalue weighted by Gasteiger charge is -2.08. The van der Waals surface area contributed by atoms with Gasteiger partial charge in [-0.05, 0) is 31.5 Å². The van der Waals surface area contributed by atoms with Gasteiger partial charge in [-0.15, -0.1) is 0 Å². The number of nitrogens with zero attached hydrogens (tertiary/aromatic N) is 1. The summed E-state index contributed by atoms with van der Waals surface area (Å²) in [7, 11) is 0. The highest BCUT2D eigenvalue weighted by Crippen LogP contribution is 2.27. The van der Waals surface area contributed by atoms with Crippen molar-refractivity contribution in [2.75, 3.05) is 0 Å². The molecule has 0 amide bonds. The molecule has 0 unspecified atom stereocenters. The maximum Gasteiger partial charge on any atom is 0.265 e. The van der Waals surface area contributed by atoms with E-state index in [9.17, 15) is 13.6 Å². The zero-order valence-electron chi connectivity index (χ0n) is 8.34. The smallest absolute Gasteiger partial charge is 0.265 e. The van der Waals surface area contributed by atoms with Crippen LogP contribution in [0.5, 0.6) is 0 Å². The van der Waals surface area contributed by atoms with E-state index in [1.807, 2.05) is 0 Å². The molecule has 0 atom stereocenters. The molecular weight excluding hydrogens is 200 g/mol. The molecule has 0 fully saturated rings. The summed E-state index contributed by atoms with van der Waals surface area (Å²) in [5, 5.41) is 8.70. The Hall–Kier alpha value is -1.76. The molecule has 0 bridgehead atoms. The minimum Gasteiger partial charge on any atom is -0.295 e. The molecule has 2 nitrogen and oxygen atoms in total. The average Bonchev–Trinajstić information content (AvgIpc) is 2.15. The van der Waals surface area contributed by atoms with Crippen LogP contribution in [0.4, 0.5) is 8.78 Å². The van der Waals surface area contributed by atoms with Gasteiger partial charge in [0.1, 0.15) is 0 Å². The van der Waals surface area contributed by atoms with Crippen molar-refractivity contribution in [1.29, 1.82) is 5.26 Å². The van der Waals surface area contributed by atoms with Gasteiger partial charge >= 0.3 is 0 Å². The van der Waals surface area contributed by atoms with E-state index >= 15 is 0 Å². The van der Waals surface area contributed by atoms with E-state index in [1.54, 1.807) is 6.07 Å². The number of nitriles is 1. The third-order valence-corrected chi connectivity index (χ3v) is 2.13. The van der Waals surface area contributed by atoms with Crippen LogP contribution >= 0.6 is 0 Å². The normalized spacial score (nSPS) is 10.1. The Labute approximate surface area is 86.1 Å². The van der Waals surface area contributed by atoms with E-state index in [4.69, 9.17) is 5.26 Å². The number of ketones is 1. The van der Waals surface area contributed by atoms with Crippen molar-refractivity contribution in [1.82, 2.24) is 0 Å². The maximum absolute atomic E-state index is 12.6. The molecule has 0 saturated carbocycles. The van der Waals surface area contributed by atoms with Gasteiger partial charge in [0.15, 0.2) is 5.78 Å². The Morgan fingerprint density at radius 1 is 1.47 bits per heavy atom. The van der Waals surface area contributed by atoms with Gasteiger partial charge in [-0.2, -0.15) is 5.26 Å². The Morgan fingerprint density at radius 3 is 2.47 bits per heavy atom. The summed E-state index contributed by atoms with van der Waals surface area (Å²) >= 11 is 0. The summed E-state index contributed by atoms with van der Waals surface area (Å²) in [6, 6.07) is 4.27. The lowest BCUT2D eigenvalue weighted by atomic mass is 9.98. The third kappa shape index (κ3) is 2.18. The molecular formula is C11H9F2NO. The molecule has 0 aliphatic rings. The van der Waals surface area contributed by atoms with Gasteiger partial charge in [-0.25, -0.2) is 8.78 Å². The average molecular weight is 209 g/mol. The van der Waals surface area contributed by atoms with Gasteiger partial charge in [-0.1, -0.05) is 0 Å². The Bertz CT molecular complexity index is 447. The first-order valence-corrected chi connectivity index (χ1v) is 4.31. The molecule has 0 saturated heterocycles. The highest BCUT2D eigenvalue weighted by Gasteiger charge is 2.17. The van der Waals surface area contributed by atoms with Gasteiger partial charge in [-0.3, -0.25) is 4.79 Å². The monoisotopic (exact) mass is 209 g/mol. The first-order chi connectivity index (χ1) is 6.97. The minimum atomic E-state index is -2.69. The number of aryl methyl sites for hydroxylation is 1. The van der Waals surface area contributed by atoms with Crippen molar-refractivity contribution in [2.24, 2.45) is 0 Å². The molecule has 78 valence electrons. The molecule has 0 radical (unpaired) electrons. The summed E-state index contributed by atoms with van der Waals surface area (Å²) < 4.78 is 25.1. The predicted molar refractivity (Wildman–Crippen MR) is 50.9 cm³/mol. The predicted octanol–water partition coefficient (Wildman–Crippen LogP) is 3.01. The standard InChI is InChI=1S/C11H9F2NO/c1-6-3-8(7(2)15)4-9(5-14)10(6)11(12)13/h3-4,11H,1-2H3. The van der Waals surface area contributed by atoms with Gasteiger partial charge in [0.25, 0.3) is 6.43 Å². The van der Waals surface area contributed by atoms with E-state index in [0.717, 1.165) is 0 Å². The Morgan fingerprint density at radius 2 is 2.07 bits per heavy atom. The molecule has 0 aromatic heterocycles. The number of benzene rings is 1. The van der Waals surface area contributed by atoms with Crippen LogP contribution in [0.25, 0.3) is 0 Å². The first-order valence-electron chi connectivity index (χ1n) is 4.31. The summed E-state index contributed by atoms with van der Waals surface area (Å²) in [6.07, 6.45) is -2.69. The topological polar surface area (TPSA) is 40.9 Å². The summed E-state index contributed by atoms with van der Waals surface area (Å²) in [4.78, 5) is 11.0. The van der Waals surface area contributed by atoms with Crippen molar-refractivity contribution in [3.8, 4) is 6.07 Å². The van der Waals surface area contributed by atoms with Crippen LogP contribution < -0.4 is 0 Å². The second-order valence-corrected chi connectivity index (χ2v) is 3.22. The van der Waals surface area contributed by atoms with Crippen molar-refractivity contribution in [3.63, 3.8) is 0 Å². The van der Waals surface area contributed by atoms with E-state index in [1.165, 1.54) is 26.0 Å². The number of alkyl halides is 2. The van der Waals surface area contributed by atoms with Gasteiger partial charge in [0.2, 0.25) is 0 Å². The second-order valence-electron chi connectivity index (χ2n) is 3.22. The summed E-state index contributed by atoms with van der Waals surface area (Å²) in [5.74, 6) is -0.240. The first kappa shape index (κ1) is 11.3. The SMILES string of the molecule is CC(=O)c1cc(C)c(C(F)F)c(C#N)c1. The zero-order valence-corrected chi connectivity index (χ0v) is 8.34. The fourth-order valence-electron chi connectivity index (χ4n) is 1.38. The molecule has 0 aliphatic heterocycles. The second kappa shape index (κ2) is 4.18. The number of carbonyl (C=O) groups is 1. The molecule has 1 aromatic carbocycles. The van der Waals surface area contributed by atoms with Crippen LogP contribution in [0.15, 0.2) is 12.1 Å². The lowest BCUT2D eigenvalue weighted by molar-refractivity contribution is 0.101. The fourth-order valence-corrected chi connectivity index (χ4v) is 1.38. The van der Waals surface area contributed by atoms with Gasteiger partial charge in [0, 0.05) is 11.1 Å². The summed E-state index contributed by atoms with van der Waals surface area (Å²) in [5.41, 5.74) is 0.139. The van der Waals surface area contributed by atoms with Crippen molar-refractivity contribution in [2.45, 2.75) is 20.3 Å². The molecule has 0 heterocycles. The van der Waals surface area contributed by atoms with Crippen LogP contribution in [0, 0.1) is 18.3 Å². The number of hydrogen-bond donors (Lipinski definition) is 0. The number of carbonyl (C=O) groups excluding carboxylic acids is 1. The third-order valence-electron chi connectivity index (χ3n) is 2.13. The number of rotatable bonds is 2. The molecule has 0 N–H and O–H groups in total. The molecule has 1 aromatic rings. The van der Waals surface area contributed by atoms with E-state index < -0.39 is 6.43 Å². The lowest BCUT2D eigenvalue weighted by Crippen LogP contribution is -2.00. The maximum atomic E-state index is 12.6. The van der Waals surface area contributed by atoms with Crippen molar-refractivity contribution >= 4 is 5.78 Å². The Kier molecular flexibility index (Phi) is 3.15. The van der Waals surface area contributed by atoms with Crippen LogP contribution in [0.2, 0.25) is 0 Å². The van der Waals surface area contributed by atoms with Crippen LogP contribution in [-0.2, 0) is 0 Å². The number of Topliss-reactive ketones (excluding diaryl/α,β-unsaturated/α-hetero) is 1. The quantitative estimate of drug-likeness (QED) is 0.702. The van der Waals surface area contributed by atoms with Crippen LogP contribution in [-0.4, -0.2) is 5.78 Å². The Balaban J connectivity index is 3.46. The van der Waals surface area contributed by atoms with Crippen molar-refractivity contribution < 1.29 is 13.6 Å². The fraction of sp³-hybridized carbons (Fsp3) is 0.273. The van der Waals surface area contributed by atoms with Crippen LogP contribution in [0.1, 0.15) is 40.4 Å². The van der Waals surface area contributed by atoms with E-state index in [-0.39, 0.29) is 28.0 Å². The van der Waals surface area contributed by atoms with E-state index in [0.29, 0.717) is 0 Å². The van der Waals surface area contributed by atoms with Crippen LogP contribution in [0.3, 0.4) is 0 Å². The van der Waals surface area contributed by atoms with E-state index in [2.05, 4.69) is 0 Å². The summed E-state index contributed by atoms with van der Waals surface area (Å²) in [6.45, 7) is 2.80. The molecule has 0 aliphatic carbocycles. The molecule has 0 spiro atoms. The van der Waals surface area contributed by atoms with Crippen molar-refractivity contribution in [3.05, 3.63) is 34.4 Å². The minimum absolute atomic E-state index is 0.129. The van der Waals surface area contributed by atoms with Gasteiger partial charge in [0.05, 0.1) is 11.6 Å². The molecule has 1 rings (SSSR count). The van der Waals surface area contributed by atoms with Gasteiger partial charge < -0.3 is 0 Å².